The van der Waals surface area contributed by atoms with Crippen LogP contribution < -0.4 is 9.64 Å². The van der Waals surface area contributed by atoms with Crippen LogP contribution in [0.2, 0.25) is 5.02 Å². The summed E-state index contributed by atoms with van der Waals surface area (Å²) in [6.45, 7) is 4.18. The minimum Gasteiger partial charge on any atom is -0.484 e. The molecule has 0 saturated heterocycles. The number of para-hydroxylation sites is 1. The van der Waals surface area contributed by atoms with Crippen molar-refractivity contribution in [2.24, 2.45) is 0 Å². The predicted octanol–water partition coefficient (Wildman–Crippen LogP) is 6.82. The highest BCUT2D eigenvalue weighted by Crippen LogP contribution is 2.34. The Hall–Kier alpha value is -2.89. The Morgan fingerprint density at radius 2 is 1.73 bits per heavy atom. The number of carbonyl (C=O) groups is 1. The van der Waals surface area contributed by atoms with E-state index in [-0.39, 0.29) is 12.5 Å². The SMILES string of the molecule is CC(C)c1ccc(N(C(=O)COc2ccc(Cl)cc2)c2nc3ccccc3s2)cc1. The van der Waals surface area contributed by atoms with E-state index in [0.717, 1.165) is 15.9 Å². The van der Waals surface area contributed by atoms with E-state index in [1.54, 1.807) is 29.2 Å². The summed E-state index contributed by atoms with van der Waals surface area (Å²) in [4.78, 5) is 19.5. The van der Waals surface area contributed by atoms with E-state index in [1.807, 2.05) is 48.5 Å². The second-order valence-electron chi connectivity index (χ2n) is 7.18. The number of carbonyl (C=O) groups excluding carboxylic acids is 1. The van der Waals surface area contributed by atoms with Gasteiger partial charge in [0.25, 0.3) is 5.91 Å². The smallest absolute Gasteiger partial charge is 0.271 e. The summed E-state index contributed by atoms with van der Waals surface area (Å²) in [5, 5.41) is 1.24. The van der Waals surface area contributed by atoms with E-state index in [4.69, 9.17) is 16.3 Å². The summed E-state index contributed by atoms with van der Waals surface area (Å²) < 4.78 is 6.74. The Morgan fingerprint density at radius 1 is 1.03 bits per heavy atom. The number of thiazole rings is 1. The Kier molecular flexibility index (Phi) is 6.02. The van der Waals surface area contributed by atoms with Gasteiger partial charge in [0.1, 0.15) is 5.75 Å². The van der Waals surface area contributed by atoms with Crippen LogP contribution >= 0.6 is 22.9 Å². The molecule has 0 unspecified atom stereocenters. The van der Waals surface area contributed by atoms with Crippen molar-refractivity contribution in [2.45, 2.75) is 19.8 Å². The maximum atomic E-state index is 13.2. The van der Waals surface area contributed by atoms with Crippen molar-refractivity contribution in [1.82, 2.24) is 4.98 Å². The molecule has 30 heavy (non-hydrogen) atoms. The molecule has 6 heteroatoms. The van der Waals surface area contributed by atoms with Crippen LogP contribution in [0.25, 0.3) is 10.2 Å². The van der Waals surface area contributed by atoms with Gasteiger partial charge in [0.2, 0.25) is 0 Å². The van der Waals surface area contributed by atoms with Gasteiger partial charge in [-0.3, -0.25) is 9.69 Å². The van der Waals surface area contributed by atoms with Crippen LogP contribution in [0.4, 0.5) is 10.8 Å². The number of nitrogens with zero attached hydrogens (tertiary/aromatic N) is 2. The molecule has 0 atom stereocenters. The number of benzene rings is 3. The maximum absolute atomic E-state index is 13.2. The van der Waals surface area contributed by atoms with E-state index in [0.29, 0.717) is 21.8 Å². The minimum atomic E-state index is -0.193. The van der Waals surface area contributed by atoms with Gasteiger partial charge in [0.15, 0.2) is 11.7 Å². The number of aromatic nitrogens is 1. The zero-order valence-electron chi connectivity index (χ0n) is 16.7. The van der Waals surface area contributed by atoms with Gasteiger partial charge in [0.05, 0.1) is 15.9 Å². The van der Waals surface area contributed by atoms with Crippen LogP contribution in [0.1, 0.15) is 25.3 Å². The molecule has 1 heterocycles. The number of ether oxygens (including phenoxy) is 1. The van der Waals surface area contributed by atoms with Crippen molar-refractivity contribution in [3.8, 4) is 5.75 Å². The van der Waals surface area contributed by atoms with Gasteiger partial charge in [-0.05, 0) is 60.0 Å². The van der Waals surface area contributed by atoms with Gasteiger partial charge in [-0.1, -0.05) is 61.1 Å². The van der Waals surface area contributed by atoms with E-state index in [1.165, 1.54) is 16.9 Å². The van der Waals surface area contributed by atoms with E-state index < -0.39 is 0 Å². The zero-order chi connectivity index (χ0) is 21.1. The third-order valence-electron chi connectivity index (χ3n) is 4.72. The van der Waals surface area contributed by atoms with Gasteiger partial charge in [-0.25, -0.2) is 4.98 Å². The molecule has 4 nitrogen and oxygen atoms in total. The molecule has 0 spiro atoms. The van der Waals surface area contributed by atoms with Crippen LogP contribution in [0, 0.1) is 0 Å². The normalized spacial score (nSPS) is 11.1. The molecule has 1 amide bonds. The molecule has 0 aliphatic heterocycles. The lowest BCUT2D eigenvalue weighted by Gasteiger charge is -2.21. The average molecular weight is 437 g/mol. The third kappa shape index (κ3) is 4.48. The van der Waals surface area contributed by atoms with E-state index >= 15 is 0 Å². The fourth-order valence-corrected chi connectivity index (χ4v) is 4.20. The molecule has 0 bridgehead atoms. The fourth-order valence-electron chi connectivity index (χ4n) is 3.07. The van der Waals surface area contributed by atoms with E-state index in [9.17, 15) is 4.79 Å². The van der Waals surface area contributed by atoms with Gasteiger partial charge >= 0.3 is 0 Å². The summed E-state index contributed by atoms with van der Waals surface area (Å²) >= 11 is 7.40. The molecule has 0 aliphatic carbocycles. The molecular weight excluding hydrogens is 416 g/mol. The lowest BCUT2D eigenvalue weighted by Crippen LogP contribution is -2.30. The first-order valence-corrected chi connectivity index (χ1v) is 10.9. The number of fused-ring (bicyclic) bond motifs is 1. The number of rotatable bonds is 6. The minimum absolute atomic E-state index is 0.108. The van der Waals surface area contributed by atoms with Gasteiger partial charge in [-0.15, -0.1) is 0 Å². The first-order chi connectivity index (χ1) is 14.5. The topological polar surface area (TPSA) is 42.4 Å². The third-order valence-corrected chi connectivity index (χ3v) is 5.99. The molecule has 4 aromatic rings. The summed E-state index contributed by atoms with van der Waals surface area (Å²) in [5.41, 5.74) is 2.85. The largest absolute Gasteiger partial charge is 0.484 e. The molecular formula is C24H21ClN2O2S. The lowest BCUT2D eigenvalue weighted by atomic mass is 10.0. The average Bonchev–Trinajstić information content (AvgIpc) is 3.17. The highest BCUT2D eigenvalue weighted by atomic mass is 35.5. The second kappa shape index (κ2) is 8.86. The highest BCUT2D eigenvalue weighted by molar-refractivity contribution is 7.22. The van der Waals surface area contributed by atoms with Crippen molar-refractivity contribution in [3.63, 3.8) is 0 Å². The van der Waals surface area contributed by atoms with Crippen LogP contribution in [-0.4, -0.2) is 17.5 Å². The molecule has 0 fully saturated rings. The standard InChI is InChI=1S/C24H21ClN2O2S/c1-16(2)17-7-11-19(12-8-17)27(24-26-21-5-3-4-6-22(21)30-24)23(28)15-29-20-13-9-18(25)10-14-20/h3-14,16H,15H2,1-2H3. The molecule has 152 valence electrons. The molecule has 0 aliphatic rings. The monoisotopic (exact) mass is 436 g/mol. The van der Waals surface area contributed by atoms with Crippen molar-refractivity contribution < 1.29 is 9.53 Å². The van der Waals surface area contributed by atoms with Gasteiger partial charge in [0, 0.05) is 5.02 Å². The van der Waals surface area contributed by atoms with Crippen LogP contribution in [-0.2, 0) is 4.79 Å². The lowest BCUT2D eigenvalue weighted by molar-refractivity contribution is -0.119. The number of amides is 1. The van der Waals surface area contributed by atoms with Crippen LogP contribution in [0.15, 0.2) is 72.8 Å². The van der Waals surface area contributed by atoms with Crippen molar-refractivity contribution in [2.75, 3.05) is 11.5 Å². The molecule has 3 aromatic carbocycles. The Balaban J connectivity index is 1.65. The van der Waals surface area contributed by atoms with Crippen molar-refractivity contribution in [3.05, 3.63) is 83.4 Å². The van der Waals surface area contributed by atoms with Gasteiger partial charge < -0.3 is 4.74 Å². The second-order valence-corrected chi connectivity index (χ2v) is 8.63. The summed E-state index contributed by atoms with van der Waals surface area (Å²) in [5.74, 6) is 0.812. The number of hydrogen-bond acceptors (Lipinski definition) is 4. The summed E-state index contributed by atoms with van der Waals surface area (Å²) in [6, 6.07) is 22.8. The number of hydrogen-bond donors (Lipinski definition) is 0. The molecule has 0 saturated carbocycles. The molecule has 4 rings (SSSR count). The number of anilines is 2. The molecule has 1 aromatic heterocycles. The van der Waals surface area contributed by atoms with Crippen molar-refractivity contribution >= 4 is 49.9 Å². The van der Waals surface area contributed by atoms with E-state index in [2.05, 4.69) is 18.8 Å². The zero-order valence-corrected chi connectivity index (χ0v) is 18.3. The molecule has 0 radical (unpaired) electrons. The first-order valence-electron chi connectivity index (χ1n) is 9.68. The predicted molar refractivity (Wildman–Crippen MR) is 124 cm³/mol. The van der Waals surface area contributed by atoms with Crippen LogP contribution in [0.5, 0.6) is 5.75 Å². The first kappa shape index (κ1) is 20.4. The molecule has 0 N–H and O–H groups in total. The maximum Gasteiger partial charge on any atom is 0.271 e. The van der Waals surface area contributed by atoms with Crippen LogP contribution in [0.3, 0.4) is 0 Å². The summed E-state index contributed by atoms with van der Waals surface area (Å²) in [7, 11) is 0. The van der Waals surface area contributed by atoms with Gasteiger partial charge in [-0.2, -0.15) is 0 Å². The van der Waals surface area contributed by atoms with Crippen molar-refractivity contribution in [1.29, 1.82) is 0 Å². The quantitative estimate of drug-likeness (QED) is 0.333. The summed E-state index contributed by atoms with van der Waals surface area (Å²) in [6.07, 6.45) is 0. The Labute approximate surface area is 184 Å². The Bertz CT molecular complexity index is 1120. The fraction of sp³-hybridized carbons (Fsp3) is 0.167. The highest BCUT2D eigenvalue weighted by Gasteiger charge is 2.22. The number of halogens is 1. The Morgan fingerprint density at radius 3 is 2.40 bits per heavy atom.